The first-order chi connectivity index (χ1) is 23.2. The second-order valence-electron chi connectivity index (χ2n) is 11.2. The van der Waals surface area contributed by atoms with Gasteiger partial charge in [0.1, 0.15) is 16.8 Å². The number of esters is 1. The van der Waals surface area contributed by atoms with Crippen molar-refractivity contribution in [1.29, 1.82) is 5.26 Å². The SMILES string of the molecule is CN1CC(c2ccc(Cl)c(C(=O)N(COC(=O)c3ccc(C(=O)O)cc3)C3(C#N)CC3)c2)=CN1c1n[nH]c(C(F)(F)C(F)(F)F)c1C(F)(F)F. The Hall–Kier alpha value is -5.22. The Labute approximate surface area is 280 Å². The molecule has 0 saturated heterocycles. The second kappa shape index (κ2) is 12.6. The summed E-state index contributed by atoms with van der Waals surface area (Å²) in [7, 11) is 1.21. The highest BCUT2D eigenvalue weighted by Crippen LogP contribution is 2.50. The fourth-order valence-corrected chi connectivity index (χ4v) is 5.26. The molecule has 1 amide bonds. The summed E-state index contributed by atoms with van der Waals surface area (Å²) in [6.07, 6.45) is -10.7. The predicted molar refractivity (Wildman–Crippen MR) is 156 cm³/mol. The van der Waals surface area contributed by atoms with Crippen LogP contribution >= 0.6 is 11.6 Å². The van der Waals surface area contributed by atoms with Crippen LogP contribution in [0.25, 0.3) is 5.57 Å². The van der Waals surface area contributed by atoms with Crippen LogP contribution in [-0.2, 0) is 16.8 Å². The quantitative estimate of drug-likeness (QED) is 0.144. The number of anilines is 1. The zero-order chi connectivity index (χ0) is 37.0. The average Bonchev–Trinajstić information content (AvgIpc) is 3.52. The Morgan fingerprint density at radius 1 is 1.06 bits per heavy atom. The van der Waals surface area contributed by atoms with Gasteiger partial charge in [-0.3, -0.25) is 19.8 Å². The van der Waals surface area contributed by atoms with E-state index in [-0.39, 0.29) is 52.2 Å². The van der Waals surface area contributed by atoms with Crippen molar-refractivity contribution < 1.29 is 59.4 Å². The van der Waals surface area contributed by atoms with Gasteiger partial charge in [-0.05, 0) is 60.4 Å². The zero-order valence-corrected chi connectivity index (χ0v) is 25.9. The number of carbonyl (C=O) groups excluding carboxylic acids is 2. The molecule has 1 aromatic heterocycles. The van der Waals surface area contributed by atoms with Crippen LogP contribution in [0.15, 0.2) is 48.7 Å². The number of halogens is 9. The number of aromatic amines is 1. The largest absolute Gasteiger partial charge is 0.478 e. The van der Waals surface area contributed by atoms with Crippen LogP contribution in [0.1, 0.15) is 60.7 Å². The number of nitriles is 1. The molecule has 2 aromatic carbocycles. The number of hydrogen-bond acceptors (Lipinski definition) is 8. The fraction of sp³-hybridized carbons (Fsp3) is 0.300. The van der Waals surface area contributed by atoms with Crippen LogP contribution in [0.3, 0.4) is 0 Å². The summed E-state index contributed by atoms with van der Waals surface area (Å²) in [6.45, 7) is -0.968. The molecule has 0 radical (unpaired) electrons. The van der Waals surface area contributed by atoms with Gasteiger partial charge in [0, 0.05) is 19.8 Å². The molecule has 0 unspecified atom stereocenters. The number of H-pyrrole nitrogens is 1. The van der Waals surface area contributed by atoms with Crippen LogP contribution < -0.4 is 5.01 Å². The van der Waals surface area contributed by atoms with Crippen molar-refractivity contribution in [2.45, 2.75) is 36.7 Å². The number of alkyl halides is 8. The third-order valence-corrected chi connectivity index (χ3v) is 8.25. The number of ether oxygens (including phenoxy) is 1. The minimum atomic E-state index is -6.37. The maximum Gasteiger partial charge on any atom is 0.459 e. The van der Waals surface area contributed by atoms with Gasteiger partial charge in [-0.1, -0.05) is 17.7 Å². The van der Waals surface area contributed by atoms with Gasteiger partial charge in [0.15, 0.2) is 12.5 Å². The summed E-state index contributed by atoms with van der Waals surface area (Å²) in [6, 6.07) is 10.5. The molecule has 50 heavy (non-hydrogen) atoms. The third-order valence-electron chi connectivity index (χ3n) is 7.92. The molecule has 2 N–H and O–H groups in total. The molecule has 1 aliphatic heterocycles. The standard InChI is InChI=1S/C30H21ClF8N6O5/c1-43-11-18(12-45(43)23-21(29(34,35)36)22(41-42-23)28(32,33)30(37,38)39)17-6-7-20(31)19(10-17)24(46)44(27(13-40)8-9-27)14-50-26(49)16-4-2-15(3-5-16)25(47)48/h2-7,10,12H,8-9,11,14H2,1H3,(H,41,42)(H,47,48). The van der Waals surface area contributed by atoms with E-state index in [9.17, 15) is 54.8 Å². The highest BCUT2D eigenvalue weighted by Gasteiger charge is 2.63. The zero-order valence-electron chi connectivity index (χ0n) is 25.2. The number of rotatable bonds is 9. The van der Waals surface area contributed by atoms with Crippen molar-refractivity contribution >= 4 is 40.8 Å². The highest BCUT2D eigenvalue weighted by molar-refractivity contribution is 6.34. The molecule has 1 fully saturated rings. The minimum absolute atomic E-state index is 0.0501. The number of nitrogens with one attached hydrogen (secondary N) is 1. The van der Waals surface area contributed by atoms with Gasteiger partial charge in [0.25, 0.3) is 5.91 Å². The summed E-state index contributed by atoms with van der Waals surface area (Å²) in [5.74, 6) is -10.3. The highest BCUT2D eigenvalue weighted by atomic mass is 35.5. The van der Waals surface area contributed by atoms with E-state index in [0.717, 1.165) is 28.2 Å². The average molecular weight is 733 g/mol. The van der Waals surface area contributed by atoms with E-state index in [1.165, 1.54) is 42.5 Å². The monoisotopic (exact) mass is 732 g/mol. The summed E-state index contributed by atoms with van der Waals surface area (Å²) < 4.78 is 114. The number of aromatic nitrogens is 2. The molecular formula is C30H21ClF8N6O5. The van der Waals surface area contributed by atoms with Crippen molar-refractivity contribution in [2.75, 3.05) is 25.3 Å². The molecule has 0 bridgehead atoms. The van der Waals surface area contributed by atoms with Gasteiger partial charge in [0.05, 0.1) is 27.8 Å². The van der Waals surface area contributed by atoms with Crippen molar-refractivity contribution in [2.24, 2.45) is 0 Å². The number of amides is 1. The number of carboxylic acids is 1. The van der Waals surface area contributed by atoms with Gasteiger partial charge < -0.3 is 9.84 Å². The first kappa shape index (κ1) is 36.1. The van der Waals surface area contributed by atoms with Crippen molar-refractivity contribution in [3.63, 3.8) is 0 Å². The Morgan fingerprint density at radius 2 is 1.68 bits per heavy atom. The molecule has 264 valence electrons. The van der Waals surface area contributed by atoms with Crippen LogP contribution in [0.5, 0.6) is 0 Å². The second-order valence-corrected chi connectivity index (χ2v) is 11.6. The van der Waals surface area contributed by atoms with E-state index < -0.39 is 65.5 Å². The Morgan fingerprint density at radius 3 is 2.22 bits per heavy atom. The number of carboxylic acid groups (broad SMARTS) is 1. The lowest BCUT2D eigenvalue weighted by Gasteiger charge is -2.27. The molecule has 0 atom stereocenters. The first-order valence-electron chi connectivity index (χ1n) is 14.1. The first-order valence-corrected chi connectivity index (χ1v) is 14.4. The lowest BCUT2D eigenvalue weighted by molar-refractivity contribution is -0.292. The van der Waals surface area contributed by atoms with Gasteiger partial charge in [-0.2, -0.15) is 45.5 Å². The van der Waals surface area contributed by atoms with Crippen LogP contribution in [0, 0.1) is 11.3 Å². The Bertz CT molecular complexity index is 1930. The molecule has 2 heterocycles. The number of aromatic carboxylic acids is 1. The third kappa shape index (κ3) is 6.55. The molecule has 3 aromatic rings. The van der Waals surface area contributed by atoms with E-state index in [1.807, 2.05) is 6.07 Å². The maximum atomic E-state index is 14.1. The maximum absolute atomic E-state index is 14.1. The molecule has 20 heteroatoms. The van der Waals surface area contributed by atoms with Crippen LogP contribution in [-0.4, -0.2) is 75.1 Å². The van der Waals surface area contributed by atoms with Crippen molar-refractivity contribution in [3.8, 4) is 6.07 Å². The molecule has 1 saturated carbocycles. The van der Waals surface area contributed by atoms with Crippen molar-refractivity contribution in [3.05, 3.63) is 87.2 Å². The fourth-order valence-electron chi connectivity index (χ4n) is 5.06. The molecule has 11 nitrogen and oxygen atoms in total. The minimum Gasteiger partial charge on any atom is -0.478 e. The van der Waals surface area contributed by atoms with E-state index in [2.05, 4.69) is 5.10 Å². The Kier molecular flexibility index (Phi) is 9.08. The summed E-state index contributed by atoms with van der Waals surface area (Å²) >= 11 is 6.33. The summed E-state index contributed by atoms with van der Waals surface area (Å²) in [5.41, 5.74) is -6.27. The lowest BCUT2D eigenvalue weighted by Crippen LogP contribution is -2.43. The van der Waals surface area contributed by atoms with E-state index in [4.69, 9.17) is 21.4 Å². The van der Waals surface area contributed by atoms with Gasteiger partial charge >= 0.3 is 30.2 Å². The molecule has 2 aliphatic rings. The molecule has 0 spiro atoms. The smallest absolute Gasteiger partial charge is 0.459 e. The van der Waals surface area contributed by atoms with E-state index in [0.29, 0.717) is 5.01 Å². The number of hydrogen-bond donors (Lipinski definition) is 2. The van der Waals surface area contributed by atoms with Crippen LogP contribution in [0.4, 0.5) is 40.9 Å². The van der Waals surface area contributed by atoms with Crippen molar-refractivity contribution in [1.82, 2.24) is 20.1 Å². The number of carbonyl (C=O) groups is 3. The number of hydrazine groups is 1. The molecule has 5 rings (SSSR count). The van der Waals surface area contributed by atoms with Gasteiger partial charge in [-0.25, -0.2) is 14.6 Å². The summed E-state index contributed by atoms with van der Waals surface area (Å²) in [4.78, 5) is 38.6. The molecular weight excluding hydrogens is 712 g/mol. The Balaban J connectivity index is 1.45. The number of nitrogens with zero attached hydrogens (tertiary/aromatic N) is 5. The topological polar surface area (TPSA) is 143 Å². The number of likely N-dealkylation sites (N-methyl/N-ethyl adjacent to an activating group) is 1. The normalized spacial score (nSPS) is 16.1. The molecule has 1 aliphatic carbocycles. The van der Waals surface area contributed by atoms with E-state index >= 15 is 0 Å². The van der Waals surface area contributed by atoms with Crippen LogP contribution in [0.2, 0.25) is 5.02 Å². The summed E-state index contributed by atoms with van der Waals surface area (Å²) in [5, 5.41) is 24.8. The predicted octanol–water partition coefficient (Wildman–Crippen LogP) is 6.45. The van der Waals surface area contributed by atoms with Gasteiger partial charge in [-0.15, -0.1) is 0 Å². The van der Waals surface area contributed by atoms with Gasteiger partial charge in [0.2, 0.25) is 0 Å². The van der Waals surface area contributed by atoms with E-state index in [1.54, 1.807) is 0 Å². The number of benzene rings is 2. The lowest BCUT2D eigenvalue weighted by atomic mass is 10.0.